The van der Waals surface area contributed by atoms with Crippen molar-refractivity contribution >= 4 is 51.0 Å². The zero-order chi connectivity index (χ0) is 16.1. The lowest BCUT2D eigenvalue weighted by Crippen LogP contribution is -2.32. The first kappa shape index (κ1) is 16.6. The summed E-state index contributed by atoms with van der Waals surface area (Å²) in [6.07, 6.45) is 0.342. The zero-order valence-corrected chi connectivity index (χ0v) is 13.9. The van der Waals surface area contributed by atoms with Gasteiger partial charge in [-0.1, -0.05) is 0 Å². The summed E-state index contributed by atoms with van der Waals surface area (Å²) in [5.41, 5.74) is 0. The maximum atomic E-state index is 11.7. The SMILES string of the molecule is O=C(CCCN1C(=O)CNC1=O)OCC(=O)c1ccc(Br)s1. The Bertz CT molecular complexity index is 599. The summed E-state index contributed by atoms with van der Waals surface area (Å²) in [6, 6.07) is 2.96. The highest BCUT2D eigenvalue weighted by molar-refractivity contribution is 9.11. The highest BCUT2D eigenvalue weighted by atomic mass is 79.9. The van der Waals surface area contributed by atoms with Gasteiger partial charge < -0.3 is 10.1 Å². The minimum atomic E-state index is -0.531. The van der Waals surface area contributed by atoms with Crippen LogP contribution in [0.2, 0.25) is 0 Å². The van der Waals surface area contributed by atoms with Gasteiger partial charge in [-0.25, -0.2) is 4.79 Å². The molecule has 1 fully saturated rings. The number of ketones is 1. The van der Waals surface area contributed by atoms with E-state index in [9.17, 15) is 19.2 Å². The van der Waals surface area contributed by atoms with Gasteiger partial charge >= 0.3 is 12.0 Å². The van der Waals surface area contributed by atoms with Gasteiger partial charge in [0.15, 0.2) is 6.61 Å². The normalized spacial score (nSPS) is 14.1. The molecule has 0 bridgehead atoms. The first-order valence-corrected chi connectivity index (χ1v) is 8.10. The van der Waals surface area contributed by atoms with Crippen molar-refractivity contribution in [2.24, 2.45) is 0 Å². The van der Waals surface area contributed by atoms with Crippen molar-refractivity contribution in [1.29, 1.82) is 0 Å². The predicted octanol–water partition coefficient (Wildman–Crippen LogP) is 1.57. The van der Waals surface area contributed by atoms with Crippen LogP contribution in [0, 0.1) is 0 Å². The quantitative estimate of drug-likeness (QED) is 0.434. The van der Waals surface area contributed by atoms with Gasteiger partial charge in [0, 0.05) is 13.0 Å². The second kappa shape index (κ2) is 7.50. The number of hydrogen-bond acceptors (Lipinski definition) is 6. The van der Waals surface area contributed by atoms with Crippen LogP contribution in [0.25, 0.3) is 0 Å². The number of nitrogens with zero attached hydrogens (tertiary/aromatic N) is 1. The molecule has 2 rings (SSSR count). The van der Waals surface area contributed by atoms with Crippen LogP contribution < -0.4 is 5.32 Å². The molecule has 0 atom stereocenters. The Kier molecular flexibility index (Phi) is 5.67. The van der Waals surface area contributed by atoms with E-state index >= 15 is 0 Å². The topological polar surface area (TPSA) is 92.8 Å². The number of carbonyl (C=O) groups is 4. The Labute approximate surface area is 138 Å². The average Bonchev–Trinajstić information content (AvgIpc) is 3.05. The molecule has 7 nitrogen and oxygen atoms in total. The van der Waals surface area contributed by atoms with Gasteiger partial charge in [-0.3, -0.25) is 19.3 Å². The number of thiophene rings is 1. The molecular formula is C13H13BrN2O5S. The van der Waals surface area contributed by atoms with Gasteiger partial charge in [-0.2, -0.15) is 0 Å². The molecule has 2 heterocycles. The number of rotatable bonds is 7. The molecule has 0 saturated carbocycles. The number of amides is 3. The number of hydrogen-bond donors (Lipinski definition) is 1. The number of urea groups is 1. The molecule has 9 heteroatoms. The molecule has 3 amide bonds. The third kappa shape index (κ3) is 4.38. The van der Waals surface area contributed by atoms with Gasteiger partial charge in [-0.15, -0.1) is 11.3 Å². The molecule has 22 heavy (non-hydrogen) atoms. The lowest BCUT2D eigenvalue weighted by Gasteiger charge is -2.11. The van der Waals surface area contributed by atoms with Crippen LogP contribution in [0.15, 0.2) is 15.9 Å². The number of carbonyl (C=O) groups excluding carboxylic acids is 4. The van der Waals surface area contributed by atoms with Crippen molar-refractivity contribution in [1.82, 2.24) is 10.2 Å². The summed E-state index contributed by atoms with van der Waals surface area (Å²) in [6.45, 7) is -0.158. The molecular weight excluding hydrogens is 376 g/mol. The molecule has 1 N–H and O–H groups in total. The molecule has 0 radical (unpaired) electrons. The number of Topliss-reactive ketones (excluding diaryl/α,β-unsaturated/α-hetero) is 1. The largest absolute Gasteiger partial charge is 0.457 e. The fourth-order valence-corrected chi connectivity index (χ4v) is 3.13. The molecule has 1 aromatic heterocycles. The van der Waals surface area contributed by atoms with E-state index in [1.807, 2.05) is 0 Å². The molecule has 0 unspecified atom stereocenters. The van der Waals surface area contributed by atoms with Crippen molar-refractivity contribution in [3.8, 4) is 0 Å². The minimum absolute atomic E-state index is 0.00580. The molecule has 0 spiro atoms. The van der Waals surface area contributed by atoms with Crippen molar-refractivity contribution in [3.63, 3.8) is 0 Å². The molecule has 0 aliphatic carbocycles. The maximum absolute atomic E-state index is 11.7. The van der Waals surface area contributed by atoms with E-state index in [1.54, 1.807) is 12.1 Å². The smallest absolute Gasteiger partial charge is 0.324 e. The highest BCUT2D eigenvalue weighted by Crippen LogP contribution is 2.22. The van der Waals surface area contributed by atoms with Crippen LogP contribution >= 0.6 is 27.3 Å². The van der Waals surface area contributed by atoms with Gasteiger partial charge in [0.2, 0.25) is 11.7 Å². The van der Waals surface area contributed by atoms with Gasteiger partial charge in [-0.05, 0) is 34.5 Å². The lowest BCUT2D eigenvalue weighted by molar-refractivity contribution is -0.142. The average molecular weight is 389 g/mol. The summed E-state index contributed by atoms with van der Waals surface area (Å²) in [4.78, 5) is 47.4. The molecule has 1 saturated heterocycles. The van der Waals surface area contributed by atoms with Crippen molar-refractivity contribution in [3.05, 3.63) is 20.8 Å². The Morgan fingerprint density at radius 1 is 1.36 bits per heavy atom. The molecule has 118 valence electrons. The van der Waals surface area contributed by atoms with E-state index in [2.05, 4.69) is 21.2 Å². The van der Waals surface area contributed by atoms with Gasteiger partial charge in [0.1, 0.15) is 0 Å². The third-order valence-corrected chi connectivity index (χ3v) is 4.58. The Balaban J connectivity index is 1.67. The van der Waals surface area contributed by atoms with Crippen LogP contribution in [0.3, 0.4) is 0 Å². The number of esters is 1. The summed E-state index contributed by atoms with van der Waals surface area (Å²) >= 11 is 4.52. The van der Waals surface area contributed by atoms with E-state index in [0.717, 1.165) is 8.69 Å². The van der Waals surface area contributed by atoms with Crippen LogP contribution in [-0.2, 0) is 14.3 Å². The Morgan fingerprint density at radius 2 is 2.14 bits per heavy atom. The number of halogens is 1. The van der Waals surface area contributed by atoms with Crippen LogP contribution in [0.5, 0.6) is 0 Å². The van der Waals surface area contributed by atoms with Crippen molar-refractivity contribution < 1.29 is 23.9 Å². The standard InChI is InChI=1S/C13H13BrN2O5S/c14-10-4-3-9(22-10)8(17)7-21-12(19)2-1-5-16-11(18)6-15-13(16)20/h3-4H,1-2,5-7H2,(H,15,20). The monoisotopic (exact) mass is 388 g/mol. The summed E-state index contributed by atoms with van der Waals surface area (Å²) in [5.74, 6) is -1.11. The minimum Gasteiger partial charge on any atom is -0.457 e. The van der Waals surface area contributed by atoms with Crippen LogP contribution in [-0.4, -0.2) is 48.3 Å². The van der Waals surface area contributed by atoms with E-state index in [-0.39, 0.29) is 37.8 Å². The van der Waals surface area contributed by atoms with Crippen LogP contribution in [0.1, 0.15) is 22.5 Å². The second-order valence-electron chi connectivity index (χ2n) is 4.50. The number of ether oxygens (including phenoxy) is 1. The second-order valence-corrected chi connectivity index (χ2v) is 6.96. The Hall–Kier alpha value is -1.74. The highest BCUT2D eigenvalue weighted by Gasteiger charge is 2.27. The summed E-state index contributed by atoms with van der Waals surface area (Å²) in [7, 11) is 0. The number of imide groups is 1. The van der Waals surface area contributed by atoms with E-state index < -0.39 is 12.0 Å². The summed E-state index contributed by atoms with van der Waals surface area (Å²) < 4.78 is 5.71. The van der Waals surface area contributed by atoms with Gasteiger partial charge in [0.25, 0.3) is 0 Å². The lowest BCUT2D eigenvalue weighted by atomic mass is 10.3. The zero-order valence-electron chi connectivity index (χ0n) is 11.5. The molecule has 0 aromatic carbocycles. The van der Waals surface area contributed by atoms with E-state index in [0.29, 0.717) is 11.3 Å². The fraction of sp³-hybridized carbons (Fsp3) is 0.385. The van der Waals surface area contributed by atoms with Gasteiger partial charge in [0.05, 0.1) is 15.2 Å². The third-order valence-electron chi connectivity index (χ3n) is 2.91. The maximum Gasteiger partial charge on any atom is 0.324 e. The first-order valence-electron chi connectivity index (χ1n) is 6.49. The Morgan fingerprint density at radius 3 is 2.73 bits per heavy atom. The number of nitrogens with one attached hydrogen (secondary N) is 1. The van der Waals surface area contributed by atoms with E-state index in [1.165, 1.54) is 11.3 Å². The summed E-state index contributed by atoms with van der Waals surface area (Å²) in [5, 5.41) is 2.39. The van der Waals surface area contributed by atoms with Crippen molar-refractivity contribution in [2.45, 2.75) is 12.8 Å². The molecule has 1 aliphatic rings. The molecule has 1 aliphatic heterocycles. The predicted molar refractivity (Wildman–Crippen MR) is 81.7 cm³/mol. The van der Waals surface area contributed by atoms with Crippen molar-refractivity contribution in [2.75, 3.05) is 19.7 Å². The van der Waals surface area contributed by atoms with Crippen LogP contribution in [0.4, 0.5) is 4.79 Å². The first-order chi connectivity index (χ1) is 10.5. The van der Waals surface area contributed by atoms with E-state index in [4.69, 9.17) is 4.74 Å². The molecule has 1 aromatic rings. The fourth-order valence-electron chi connectivity index (χ4n) is 1.82.